The normalized spacial score (nSPS) is 11.5. The number of nitrogens with one attached hydrogen (secondary N) is 1. The Hall–Kier alpha value is -1.72. The molecule has 3 aromatic rings. The average Bonchev–Trinajstić information content (AvgIpc) is 3.04. The number of rotatable bonds is 4. The summed E-state index contributed by atoms with van der Waals surface area (Å²) in [5.74, 6) is 0. The lowest BCUT2D eigenvalue weighted by molar-refractivity contribution is 0.578. The molecule has 0 saturated carbocycles. The Morgan fingerprint density at radius 3 is 3.05 bits per heavy atom. The second kappa shape index (κ2) is 5.11. The second-order valence-electron chi connectivity index (χ2n) is 4.79. The van der Waals surface area contributed by atoms with Crippen molar-refractivity contribution in [2.24, 2.45) is 0 Å². The third-order valence-electron chi connectivity index (χ3n) is 2.92. The Balaban J connectivity index is 1.85. The molecule has 0 saturated heterocycles. The molecule has 0 fully saturated rings. The lowest BCUT2D eigenvalue weighted by Gasteiger charge is -2.05. The van der Waals surface area contributed by atoms with Crippen molar-refractivity contribution in [3.05, 3.63) is 41.7 Å². The summed E-state index contributed by atoms with van der Waals surface area (Å²) in [7, 11) is 0. The summed E-state index contributed by atoms with van der Waals surface area (Å²) < 4.78 is 3.10. The lowest BCUT2D eigenvalue weighted by Crippen LogP contribution is -2.22. The van der Waals surface area contributed by atoms with Crippen LogP contribution in [0, 0.1) is 0 Å². The standard InChI is InChI=1S/C14H16N4S/c1-10(2)15-8-11-5-6-18(17-11)12-3-4-13-14(7-12)19-9-16-13/h3-7,9-10,15H,8H2,1-2H3. The van der Waals surface area contributed by atoms with Gasteiger partial charge in [0.15, 0.2) is 0 Å². The van der Waals surface area contributed by atoms with Gasteiger partial charge in [-0.15, -0.1) is 11.3 Å². The highest BCUT2D eigenvalue weighted by Crippen LogP contribution is 2.21. The number of benzene rings is 1. The van der Waals surface area contributed by atoms with E-state index in [-0.39, 0.29) is 0 Å². The Labute approximate surface area is 116 Å². The van der Waals surface area contributed by atoms with Crippen molar-refractivity contribution in [3.8, 4) is 5.69 Å². The molecule has 1 aromatic carbocycles. The monoisotopic (exact) mass is 272 g/mol. The number of thiazole rings is 1. The van der Waals surface area contributed by atoms with Gasteiger partial charge in [-0.3, -0.25) is 0 Å². The number of hydrogen-bond donors (Lipinski definition) is 1. The van der Waals surface area contributed by atoms with E-state index < -0.39 is 0 Å². The van der Waals surface area contributed by atoms with E-state index in [0.717, 1.165) is 23.4 Å². The average molecular weight is 272 g/mol. The lowest BCUT2D eigenvalue weighted by atomic mass is 10.3. The summed E-state index contributed by atoms with van der Waals surface area (Å²) in [5, 5.41) is 7.95. The van der Waals surface area contributed by atoms with Gasteiger partial charge in [-0.2, -0.15) is 5.10 Å². The molecule has 0 spiro atoms. The van der Waals surface area contributed by atoms with Crippen LogP contribution in [0.4, 0.5) is 0 Å². The highest BCUT2D eigenvalue weighted by Gasteiger charge is 2.04. The van der Waals surface area contributed by atoms with Crippen molar-refractivity contribution >= 4 is 21.6 Å². The number of hydrogen-bond acceptors (Lipinski definition) is 4. The molecular weight excluding hydrogens is 256 g/mol. The topological polar surface area (TPSA) is 42.7 Å². The highest BCUT2D eigenvalue weighted by molar-refractivity contribution is 7.16. The fraction of sp³-hybridized carbons (Fsp3) is 0.286. The van der Waals surface area contributed by atoms with E-state index in [1.54, 1.807) is 11.3 Å². The van der Waals surface area contributed by atoms with Gasteiger partial charge in [0, 0.05) is 18.8 Å². The summed E-state index contributed by atoms with van der Waals surface area (Å²) in [6.45, 7) is 5.07. The predicted molar refractivity (Wildman–Crippen MR) is 78.7 cm³/mol. The van der Waals surface area contributed by atoms with E-state index in [0.29, 0.717) is 6.04 Å². The van der Waals surface area contributed by atoms with Gasteiger partial charge in [0.2, 0.25) is 0 Å². The number of aromatic nitrogens is 3. The van der Waals surface area contributed by atoms with Crippen LogP contribution in [-0.4, -0.2) is 20.8 Å². The Morgan fingerprint density at radius 1 is 1.32 bits per heavy atom. The minimum atomic E-state index is 0.471. The van der Waals surface area contributed by atoms with Crippen LogP contribution < -0.4 is 5.32 Å². The Kier molecular flexibility index (Phi) is 3.31. The van der Waals surface area contributed by atoms with Crippen molar-refractivity contribution in [1.82, 2.24) is 20.1 Å². The molecule has 2 aromatic heterocycles. The molecule has 0 bridgehead atoms. The first-order valence-electron chi connectivity index (χ1n) is 6.34. The SMILES string of the molecule is CC(C)NCc1ccn(-c2ccc3ncsc3c2)n1. The van der Waals surface area contributed by atoms with Crippen LogP contribution in [0.5, 0.6) is 0 Å². The molecule has 0 radical (unpaired) electrons. The van der Waals surface area contributed by atoms with E-state index in [1.165, 1.54) is 4.70 Å². The van der Waals surface area contributed by atoms with Crippen molar-refractivity contribution in [2.45, 2.75) is 26.4 Å². The van der Waals surface area contributed by atoms with Crippen LogP contribution in [0.25, 0.3) is 15.9 Å². The third kappa shape index (κ3) is 2.67. The molecule has 0 atom stereocenters. The molecule has 1 N–H and O–H groups in total. The first-order valence-corrected chi connectivity index (χ1v) is 7.22. The van der Waals surface area contributed by atoms with Gasteiger partial charge >= 0.3 is 0 Å². The Morgan fingerprint density at radius 2 is 2.21 bits per heavy atom. The summed E-state index contributed by atoms with van der Waals surface area (Å²) in [6.07, 6.45) is 2.00. The molecule has 5 heteroatoms. The van der Waals surface area contributed by atoms with Crippen LogP contribution in [0.2, 0.25) is 0 Å². The fourth-order valence-corrected chi connectivity index (χ4v) is 2.60. The van der Waals surface area contributed by atoms with E-state index in [4.69, 9.17) is 0 Å². The van der Waals surface area contributed by atoms with Crippen molar-refractivity contribution in [3.63, 3.8) is 0 Å². The molecule has 98 valence electrons. The summed E-state index contributed by atoms with van der Waals surface area (Å²) in [4.78, 5) is 4.29. The van der Waals surface area contributed by atoms with E-state index in [2.05, 4.69) is 41.4 Å². The maximum absolute atomic E-state index is 4.58. The number of nitrogens with zero attached hydrogens (tertiary/aromatic N) is 3. The molecule has 19 heavy (non-hydrogen) atoms. The quantitative estimate of drug-likeness (QED) is 0.794. The fourth-order valence-electron chi connectivity index (χ4n) is 1.89. The van der Waals surface area contributed by atoms with Gasteiger partial charge in [0.1, 0.15) is 0 Å². The van der Waals surface area contributed by atoms with Crippen molar-refractivity contribution in [2.75, 3.05) is 0 Å². The summed E-state index contributed by atoms with van der Waals surface area (Å²) in [5.41, 5.74) is 5.04. The van der Waals surface area contributed by atoms with Gasteiger partial charge in [-0.05, 0) is 24.3 Å². The second-order valence-corrected chi connectivity index (χ2v) is 5.68. The van der Waals surface area contributed by atoms with Crippen molar-refractivity contribution < 1.29 is 0 Å². The van der Waals surface area contributed by atoms with Gasteiger partial charge < -0.3 is 5.32 Å². The third-order valence-corrected chi connectivity index (χ3v) is 3.71. The molecular formula is C14H16N4S. The highest BCUT2D eigenvalue weighted by atomic mass is 32.1. The van der Waals surface area contributed by atoms with Crippen LogP contribution in [0.3, 0.4) is 0 Å². The molecule has 0 aliphatic carbocycles. The van der Waals surface area contributed by atoms with Crippen LogP contribution in [-0.2, 0) is 6.54 Å². The molecule has 0 aliphatic rings. The van der Waals surface area contributed by atoms with Crippen LogP contribution >= 0.6 is 11.3 Å². The van der Waals surface area contributed by atoms with Crippen LogP contribution in [0.15, 0.2) is 36.0 Å². The zero-order valence-corrected chi connectivity index (χ0v) is 11.8. The zero-order valence-electron chi connectivity index (χ0n) is 11.0. The van der Waals surface area contributed by atoms with Gasteiger partial charge in [0.25, 0.3) is 0 Å². The molecule has 4 nitrogen and oxygen atoms in total. The predicted octanol–water partition coefficient (Wildman–Crippen LogP) is 2.98. The maximum atomic E-state index is 4.58. The maximum Gasteiger partial charge on any atom is 0.0813 e. The summed E-state index contributed by atoms with van der Waals surface area (Å²) >= 11 is 1.65. The zero-order chi connectivity index (χ0) is 13.2. The smallest absolute Gasteiger partial charge is 0.0813 e. The summed E-state index contributed by atoms with van der Waals surface area (Å²) in [6, 6.07) is 8.73. The van der Waals surface area contributed by atoms with Gasteiger partial charge in [0.05, 0.1) is 27.1 Å². The minimum absolute atomic E-state index is 0.471. The van der Waals surface area contributed by atoms with Crippen LogP contribution in [0.1, 0.15) is 19.5 Å². The molecule has 0 amide bonds. The van der Waals surface area contributed by atoms with Crippen molar-refractivity contribution in [1.29, 1.82) is 0 Å². The Bertz CT molecular complexity index is 683. The van der Waals surface area contributed by atoms with E-state index in [9.17, 15) is 0 Å². The molecule has 0 unspecified atom stereocenters. The molecule has 2 heterocycles. The molecule has 3 rings (SSSR count). The molecule has 0 aliphatic heterocycles. The largest absolute Gasteiger partial charge is 0.309 e. The minimum Gasteiger partial charge on any atom is -0.309 e. The van der Waals surface area contributed by atoms with E-state index in [1.807, 2.05) is 28.5 Å². The first-order chi connectivity index (χ1) is 9.22. The van der Waals surface area contributed by atoms with E-state index >= 15 is 0 Å². The number of fused-ring (bicyclic) bond motifs is 1. The first kappa shape index (κ1) is 12.3. The van der Waals surface area contributed by atoms with Gasteiger partial charge in [-0.1, -0.05) is 13.8 Å². The van der Waals surface area contributed by atoms with Gasteiger partial charge in [-0.25, -0.2) is 9.67 Å².